The van der Waals surface area contributed by atoms with Crippen molar-refractivity contribution in [1.82, 2.24) is 0 Å². The van der Waals surface area contributed by atoms with Crippen LogP contribution in [0, 0.1) is 17.2 Å². The quantitative estimate of drug-likeness (QED) is 0.753. The van der Waals surface area contributed by atoms with Crippen LogP contribution in [0.15, 0.2) is 0 Å². The Bertz CT molecular complexity index is 526. The molecule has 2 rings (SSSR count). The van der Waals surface area contributed by atoms with Crippen molar-refractivity contribution >= 4 is 33.4 Å². The lowest BCUT2D eigenvalue weighted by Gasteiger charge is -2.37. The summed E-state index contributed by atoms with van der Waals surface area (Å²) in [5, 5.41) is 7.88. The van der Waals surface area contributed by atoms with E-state index in [2.05, 4.69) is 0 Å². The standard InChI is InChI=1S/C13H18F3NO2S3/c14-13(15,16)5-8-22(18,19)11(9-17)10-1-3-12(4-2-10)20-6-7-21-12/h10-11H,1-8H2. The van der Waals surface area contributed by atoms with Crippen LogP contribution >= 0.6 is 23.5 Å². The molecule has 1 spiro atoms. The molecule has 1 atom stereocenters. The third-order valence-corrected chi connectivity index (χ3v) is 9.91. The van der Waals surface area contributed by atoms with Crippen LogP contribution in [0.1, 0.15) is 32.1 Å². The average molecular weight is 373 g/mol. The summed E-state index contributed by atoms with van der Waals surface area (Å²) in [6, 6.07) is 1.76. The van der Waals surface area contributed by atoms with Gasteiger partial charge in [-0.3, -0.25) is 0 Å². The molecule has 1 heterocycles. The maximum absolute atomic E-state index is 12.2. The lowest BCUT2D eigenvalue weighted by Crippen LogP contribution is -2.37. The van der Waals surface area contributed by atoms with Gasteiger partial charge in [0.15, 0.2) is 15.1 Å². The summed E-state index contributed by atoms with van der Waals surface area (Å²) >= 11 is 3.78. The van der Waals surface area contributed by atoms with Crippen molar-refractivity contribution in [1.29, 1.82) is 5.26 Å². The van der Waals surface area contributed by atoms with Gasteiger partial charge in [0.2, 0.25) is 0 Å². The molecule has 2 aliphatic rings. The monoisotopic (exact) mass is 373 g/mol. The summed E-state index contributed by atoms with van der Waals surface area (Å²) in [6.45, 7) is 0. The molecule has 0 aromatic rings. The van der Waals surface area contributed by atoms with E-state index in [9.17, 15) is 26.9 Å². The molecular formula is C13H18F3NO2S3. The lowest BCUT2D eigenvalue weighted by atomic mass is 9.86. The highest BCUT2D eigenvalue weighted by Gasteiger charge is 2.44. The van der Waals surface area contributed by atoms with E-state index >= 15 is 0 Å². The van der Waals surface area contributed by atoms with Gasteiger partial charge in [0.25, 0.3) is 0 Å². The van der Waals surface area contributed by atoms with E-state index in [1.807, 2.05) is 23.5 Å². The number of sulfone groups is 1. The Kier molecular flexibility index (Phi) is 5.66. The molecule has 0 amide bonds. The fourth-order valence-electron chi connectivity index (χ4n) is 3.03. The number of alkyl halides is 3. The van der Waals surface area contributed by atoms with E-state index in [0.717, 1.165) is 24.3 Å². The van der Waals surface area contributed by atoms with Crippen molar-refractivity contribution in [3.05, 3.63) is 0 Å². The molecule has 0 aromatic heterocycles. The maximum Gasteiger partial charge on any atom is 0.390 e. The first-order valence-electron chi connectivity index (χ1n) is 7.13. The van der Waals surface area contributed by atoms with Crippen LogP contribution in [0.3, 0.4) is 0 Å². The second-order valence-electron chi connectivity index (χ2n) is 5.73. The summed E-state index contributed by atoms with van der Waals surface area (Å²) in [5.41, 5.74) is 0. The Hall–Kier alpha value is -0.0700. The first-order valence-corrected chi connectivity index (χ1v) is 10.8. The number of nitriles is 1. The van der Waals surface area contributed by atoms with Gasteiger partial charge in [-0.25, -0.2) is 8.42 Å². The van der Waals surface area contributed by atoms with Gasteiger partial charge in [0, 0.05) is 11.5 Å². The van der Waals surface area contributed by atoms with Crippen molar-refractivity contribution in [3.8, 4) is 6.07 Å². The molecule has 0 bridgehead atoms. The Balaban J connectivity index is 1.98. The van der Waals surface area contributed by atoms with Crippen molar-refractivity contribution in [2.75, 3.05) is 17.3 Å². The normalized spacial score (nSPS) is 24.3. The summed E-state index contributed by atoms with van der Waals surface area (Å²) in [4.78, 5) is 0. The molecule has 126 valence electrons. The van der Waals surface area contributed by atoms with Gasteiger partial charge in [0.1, 0.15) is 0 Å². The maximum atomic E-state index is 12.2. The fourth-order valence-corrected chi connectivity index (χ4v) is 8.11. The summed E-state index contributed by atoms with van der Waals surface area (Å²) in [7, 11) is -4.04. The average Bonchev–Trinajstić information content (AvgIpc) is 2.87. The SMILES string of the molecule is N#CC(C1CCC2(CC1)SCCS2)S(=O)(=O)CCC(F)(F)F. The summed E-state index contributed by atoms with van der Waals surface area (Å²) in [6.07, 6.45) is -3.02. The Morgan fingerprint density at radius 3 is 2.23 bits per heavy atom. The van der Waals surface area contributed by atoms with Crippen molar-refractivity contribution in [2.45, 2.75) is 47.6 Å². The number of nitrogens with zero attached hydrogens (tertiary/aromatic N) is 1. The predicted octanol–water partition coefficient (Wildman–Crippen LogP) is 3.61. The Morgan fingerprint density at radius 1 is 1.23 bits per heavy atom. The van der Waals surface area contributed by atoms with Gasteiger partial charge < -0.3 is 0 Å². The molecular weight excluding hydrogens is 355 g/mol. The molecule has 1 aliphatic heterocycles. The van der Waals surface area contributed by atoms with Crippen LogP contribution in [-0.4, -0.2) is 41.2 Å². The van der Waals surface area contributed by atoms with Crippen LogP contribution in [0.2, 0.25) is 0 Å². The van der Waals surface area contributed by atoms with Crippen molar-refractivity contribution < 1.29 is 21.6 Å². The number of halogens is 3. The molecule has 1 saturated heterocycles. The topological polar surface area (TPSA) is 57.9 Å². The van der Waals surface area contributed by atoms with E-state index in [1.54, 1.807) is 6.07 Å². The zero-order valence-electron chi connectivity index (χ0n) is 11.9. The molecule has 9 heteroatoms. The summed E-state index contributed by atoms with van der Waals surface area (Å²) < 4.78 is 61.0. The minimum absolute atomic E-state index is 0.145. The second-order valence-corrected chi connectivity index (χ2v) is 11.2. The number of rotatable bonds is 4. The second kappa shape index (κ2) is 6.81. The molecule has 22 heavy (non-hydrogen) atoms. The van der Waals surface area contributed by atoms with Crippen molar-refractivity contribution in [3.63, 3.8) is 0 Å². The molecule has 0 aromatic carbocycles. The van der Waals surface area contributed by atoms with E-state index in [-0.39, 0.29) is 10.00 Å². The van der Waals surface area contributed by atoms with Gasteiger partial charge >= 0.3 is 6.18 Å². The van der Waals surface area contributed by atoms with Gasteiger partial charge in [0.05, 0.1) is 22.3 Å². The number of hydrogen-bond acceptors (Lipinski definition) is 5. The fraction of sp³-hybridized carbons (Fsp3) is 0.923. The largest absolute Gasteiger partial charge is 0.390 e. The molecule has 0 radical (unpaired) electrons. The minimum atomic E-state index is -4.51. The van der Waals surface area contributed by atoms with Crippen LogP contribution in [0.4, 0.5) is 13.2 Å². The third kappa shape index (κ3) is 4.48. The molecule has 2 fully saturated rings. The lowest BCUT2D eigenvalue weighted by molar-refractivity contribution is -0.129. The summed E-state index contributed by atoms with van der Waals surface area (Å²) in [5.74, 6) is 0.845. The van der Waals surface area contributed by atoms with Gasteiger partial charge in [-0.1, -0.05) is 0 Å². The molecule has 1 saturated carbocycles. The van der Waals surface area contributed by atoms with Gasteiger partial charge in [-0.15, -0.1) is 23.5 Å². The van der Waals surface area contributed by atoms with E-state index in [0.29, 0.717) is 12.8 Å². The Morgan fingerprint density at radius 2 is 1.77 bits per heavy atom. The first-order chi connectivity index (χ1) is 10.2. The Labute approximate surface area is 137 Å². The number of thioether (sulfide) groups is 2. The molecule has 3 nitrogen and oxygen atoms in total. The van der Waals surface area contributed by atoms with Crippen LogP contribution in [0.25, 0.3) is 0 Å². The highest BCUT2D eigenvalue weighted by Crippen LogP contribution is 2.54. The first kappa shape index (κ1) is 18.3. The highest BCUT2D eigenvalue weighted by molar-refractivity contribution is 8.21. The molecule has 1 aliphatic carbocycles. The zero-order valence-corrected chi connectivity index (χ0v) is 14.4. The molecule has 0 N–H and O–H groups in total. The minimum Gasteiger partial charge on any atom is -0.227 e. The zero-order chi connectivity index (χ0) is 16.4. The van der Waals surface area contributed by atoms with Gasteiger partial charge in [-0.2, -0.15) is 18.4 Å². The molecule has 1 unspecified atom stereocenters. The van der Waals surface area contributed by atoms with Crippen LogP contribution in [-0.2, 0) is 9.84 Å². The predicted molar refractivity (Wildman–Crippen MR) is 83.5 cm³/mol. The van der Waals surface area contributed by atoms with Crippen molar-refractivity contribution in [2.24, 2.45) is 5.92 Å². The van der Waals surface area contributed by atoms with E-state index < -0.39 is 33.4 Å². The highest BCUT2D eigenvalue weighted by atomic mass is 32.2. The van der Waals surface area contributed by atoms with Crippen LogP contribution < -0.4 is 0 Å². The third-order valence-electron chi connectivity index (χ3n) is 4.22. The van der Waals surface area contributed by atoms with E-state index in [4.69, 9.17) is 0 Å². The smallest absolute Gasteiger partial charge is 0.227 e. The van der Waals surface area contributed by atoms with E-state index in [1.165, 1.54) is 0 Å². The number of hydrogen-bond donors (Lipinski definition) is 0. The van der Waals surface area contributed by atoms with Gasteiger partial charge in [-0.05, 0) is 31.6 Å². The van der Waals surface area contributed by atoms with Crippen LogP contribution in [0.5, 0.6) is 0 Å².